The number of nitrogens with zero attached hydrogens (tertiary/aromatic N) is 2. The lowest BCUT2D eigenvalue weighted by atomic mass is 10.2. The molecular weight excluding hydrogens is 280 g/mol. The lowest BCUT2D eigenvalue weighted by molar-refractivity contribution is 0.214. The van der Waals surface area contributed by atoms with Gasteiger partial charge in [0.25, 0.3) is 0 Å². The van der Waals surface area contributed by atoms with Crippen molar-refractivity contribution in [1.82, 2.24) is 14.9 Å². The molecule has 2 aliphatic heterocycles. The first-order valence-corrected chi connectivity index (χ1v) is 8.18. The average Bonchev–Trinajstić information content (AvgIpc) is 2.74. The summed E-state index contributed by atoms with van der Waals surface area (Å²) in [6.45, 7) is 0.857. The summed E-state index contributed by atoms with van der Waals surface area (Å²) in [6.07, 6.45) is 0.187. The number of hydrogen-bond acceptors (Lipinski definition) is 4. The SMILES string of the molecule is CS(=O)(=O)N1CCNC2C1NC(=O)N2c1ccccc1. The molecule has 108 valence electrons. The predicted octanol–water partition coefficient (Wildman–Crippen LogP) is -0.267. The number of amides is 2. The molecule has 0 bridgehead atoms. The van der Waals surface area contributed by atoms with Gasteiger partial charge in [-0.1, -0.05) is 18.2 Å². The minimum atomic E-state index is -3.36. The zero-order valence-electron chi connectivity index (χ0n) is 11.0. The fourth-order valence-corrected chi connectivity index (χ4v) is 3.68. The number of anilines is 1. The van der Waals surface area contributed by atoms with E-state index in [0.717, 1.165) is 11.9 Å². The molecule has 2 fully saturated rings. The molecule has 2 unspecified atom stereocenters. The first kappa shape index (κ1) is 13.3. The minimum absolute atomic E-state index is 0.297. The molecule has 7 nitrogen and oxygen atoms in total. The van der Waals surface area contributed by atoms with E-state index in [1.54, 1.807) is 4.90 Å². The molecule has 1 aromatic carbocycles. The first-order chi connectivity index (χ1) is 9.48. The maximum Gasteiger partial charge on any atom is 0.324 e. The number of carbonyl (C=O) groups is 1. The molecule has 2 saturated heterocycles. The van der Waals surface area contributed by atoms with E-state index in [1.807, 2.05) is 30.3 Å². The molecule has 0 radical (unpaired) electrons. The van der Waals surface area contributed by atoms with Gasteiger partial charge in [-0.05, 0) is 12.1 Å². The van der Waals surface area contributed by atoms with Crippen molar-refractivity contribution in [2.24, 2.45) is 0 Å². The predicted molar refractivity (Wildman–Crippen MR) is 74.6 cm³/mol. The van der Waals surface area contributed by atoms with Crippen LogP contribution < -0.4 is 15.5 Å². The van der Waals surface area contributed by atoms with E-state index in [-0.39, 0.29) is 6.03 Å². The Morgan fingerprint density at radius 3 is 2.55 bits per heavy atom. The third-order valence-electron chi connectivity index (χ3n) is 3.52. The van der Waals surface area contributed by atoms with E-state index >= 15 is 0 Å². The van der Waals surface area contributed by atoms with E-state index in [4.69, 9.17) is 0 Å². The number of para-hydroxylation sites is 1. The minimum Gasteiger partial charge on any atom is -0.318 e. The molecule has 1 aromatic rings. The van der Waals surface area contributed by atoms with E-state index in [0.29, 0.717) is 13.1 Å². The van der Waals surface area contributed by atoms with Gasteiger partial charge in [0.05, 0.1) is 6.26 Å². The number of rotatable bonds is 2. The number of urea groups is 1. The summed E-state index contributed by atoms with van der Waals surface area (Å²) in [5.41, 5.74) is 0.736. The molecule has 3 rings (SSSR count). The Hall–Kier alpha value is -1.64. The number of hydrogen-bond donors (Lipinski definition) is 2. The van der Waals surface area contributed by atoms with Crippen molar-refractivity contribution < 1.29 is 13.2 Å². The van der Waals surface area contributed by atoms with Crippen molar-refractivity contribution in [3.05, 3.63) is 30.3 Å². The van der Waals surface area contributed by atoms with Gasteiger partial charge >= 0.3 is 6.03 Å². The summed E-state index contributed by atoms with van der Waals surface area (Å²) in [4.78, 5) is 13.7. The van der Waals surface area contributed by atoms with E-state index in [1.165, 1.54) is 4.31 Å². The van der Waals surface area contributed by atoms with Gasteiger partial charge < -0.3 is 5.32 Å². The van der Waals surface area contributed by atoms with Gasteiger partial charge in [-0.25, -0.2) is 13.2 Å². The molecule has 0 aliphatic carbocycles. The maximum atomic E-state index is 12.2. The quantitative estimate of drug-likeness (QED) is 0.787. The van der Waals surface area contributed by atoms with Crippen LogP contribution in [0.1, 0.15) is 0 Å². The van der Waals surface area contributed by atoms with Crippen LogP contribution >= 0.6 is 0 Å². The number of carbonyl (C=O) groups excluding carboxylic acids is 1. The monoisotopic (exact) mass is 296 g/mol. The van der Waals surface area contributed by atoms with Gasteiger partial charge in [0.1, 0.15) is 12.3 Å². The average molecular weight is 296 g/mol. The third kappa shape index (κ3) is 2.15. The molecule has 20 heavy (non-hydrogen) atoms. The fourth-order valence-electron chi connectivity index (χ4n) is 2.68. The number of fused-ring (bicyclic) bond motifs is 1. The molecule has 2 atom stereocenters. The Labute approximate surface area is 117 Å². The molecular formula is C12H16N4O3S. The van der Waals surface area contributed by atoms with Gasteiger partial charge in [-0.3, -0.25) is 10.2 Å². The molecule has 0 spiro atoms. The third-order valence-corrected chi connectivity index (χ3v) is 4.79. The smallest absolute Gasteiger partial charge is 0.318 e. The highest BCUT2D eigenvalue weighted by Crippen LogP contribution is 2.26. The fraction of sp³-hybridized carbons (Fsp3) is 0.417. The lowest BCUT2D eigenvalue weighted by Gasteiger charge is -2.37. The summed E-state index contributed by atoms with van der Waals surface area (Å²) in [6, 6.07) is 8.90. The molecule has 0 aromatic heterocycles. The van der Waals surface area contributed by atoms with E-state index in [9.17, 15) is 13.2 Å². The second-order valence-corrected chi connectivity index (χ2v) is 6.81. The van der Waals surface area contributed by atoms with Crippen molar-refractivity contribution in [3.8, 4) is 0 Å². The van der Waals surface area contributed by atoms with Gasteiger partial charge in [-0.15, -0.1) is 0 Å². The summed E-state index contributed by atoms with van der Waals surface area (Å²) < 4.78 is 24.9. The van der Waals surface area contributed by atoms with Crippen molar-refractivity contribution in [2.75, 3.05) is 24.2 Å². The van der Waals surface area contributed by atoms with Crippen LogP contribution in [0.15, 0.2) is 30.3 Å². The Morgan fingerprint density at radius 2 is 1.90 bits per heavy atom. The first-order valence-electron chi connectivity index (χ1n) is 6.33. The Kier molecular flexibility index (Phi) is 3.15. The Morgan fingerprint density at radius 1 is 1.20 bits per heavy atom. The van der Waals surface area contributed by atoms with Crippen molar-refractivity contribution in [3.63, 3.8) is 0 Å². The van der Waals surface area contributed by atoms with Crippen LogP contribution in [0, 0.1) is 0 Å². The number of sulfonamides is 1. The van der Waals surface area contributed by atoms with Crippen molar-refractivity contribution >= 4 is 21.7 Å². The van der Waals surface area contributed by atoms with Crippen LogP contribution in [0.4, 0.5) is 10.5 Å². The van der Waals surface area contributed by atoms with Gasteiger partial charge in [0, 0.05) is 18.8 Å². The van der Waals surface area contributed by atoms with E-state index in [2.05, 4.69) is 10.6 Å². The zero-order valence-corrected chi connectivity index (χ0v) is 11.8. The van der Waals surface area contributed by atoms with Crippen LogP contribution in [0.25, 0.3) is 0 Å². The summed E-state index contributed by atoms with van der Waals surface area (Å²) >= 11 is 0. The lowest BCUT2D eigenvalue weighted by Crippen LogP contribution is -2.63. The van der Waals surface area contributed by atoms with Crippen molar-refractivity contribution in [1.29, 1.82) is 0 Å². The maximum absolute atomic E-state index is 12.2. The normalized spacial score (nSPS) is 27.2. The molecule has 2 amide bonds. The second kappa shape index (κ2) is 4.72. The molecule has 8 heteroatoms. The standard InChI is InChI=1S/C12H16N4O3S/c1-20(18,19)15-8-7-13-10-11(15)14-12(17)16(10)9-5-3-2-4-6-9/h2-6,10-11,13H,7-8H2,1H3,(H,14,17). The molecule has 2 N–H and O–H groups in total. The number of piperazine rings is 1. The van der Waals surface area contributed by atoms with Crippen LogP contribution in [-0.2, 0) is 10.0 Å². The van der Waals surface area contributed by atoms with Gasteiger partial charge in [-0.2, -0.15) is 4.31 Å². The van der Waals surface area contributed by atoms with Crippen LogP contribution in [0.3, 0.4) is 0 Å². The highest BCUT2D eigenvalue weighted by molar-refractivity contribution is 7.88. The summed E-state index contributed by atoms with van der Waals surface area (Å²) in [7, 11) is -3.36. The zero-order chi connectivity index (χ0) is 14.3. The Bertz CT molecular complexity index is 619. The highest BCUT2D eigenvalue weighted by atomic mass is 32.2. The van der Waals surface area contributed by atoms with Crippen molar-refractivity contribution in [2.45, 2.75) is 12.3 Å². The van der Waals surface area contributed by atoms with Crippen LogP contribution in [0.2, 0.25) is 0 Å². The summed E-state index contributed by atoms with van der Waals surface area (Å²) in [5, 5.41) is 5.93. The molecule has 2 heterocycles. The van der Waals surface area contributed by atoms with Crippen LogP contribution in [-0.4, -0.2) is 50.4 Å². The van der Waals surface area contributed by atoms with Gasteiger partial charge in [0.15, 0.2) is 0 Å². The second-order valence-electron chi connectivity index (χ2n) is 4.87. The summed E-state index contributed by atoms with van der Waals surface area (Å²) in [5.74, 6) is 0. The largest absolute Gasteiger partial charge is 0.324 e. The topological polar surface area (TPSA) is 81.8 Å². The Balaban J connectivity index is 1.95. The van der Waals surface area contributed by atoms with E-state index < -0.39 is 22.4 Å². The van der Waals surface area contributed by atoms with Crippen LogP contribution in [0.5, 0.6) is 0 Å². The van der Waals surface area contributed by atoms with Gasteiger partial charge in [0.2, 0.25) is 10.0 Å². The number of nitrogens with one attached hydrogen (secondary N) is 2. The number of benzene rings is 1. The highest BCUT2D eigenvalue weighted by Gasteiger charge is 2.47. The molecule has 2 aliphatic rings. The molecule has 0 saturated carbocycles.